The summed E-state index contributed by atoms with van der Waals surface area (Å²) in [5.41, 5.74) is 2.47. The van der Waals surface area contributed by atoms with Crippen molar-refractivity contribution < 1.29 is 4.79 Å². The summed E-state index contributed by atoms with van der Waals surface area (Å²) in [4.78, 5) is 34.7. The molecule has 1 N–H and O–H groups in total. The Hall–Kier alpha value is -3.48. The van der Waals surface area contributed by atoms with Gasteiger partial charge in [-0.05, 0) is 37.1 Å². The lowest BCUT2D eigenvalue weighted by Crippen LogP contribution is -2.35. The molecule has 1 aliphatic carbocycles. The fraction of sp³-hybridized carbons (Fsp3) is 0.273. The predicted octanol–water partition coefficient (Wildman–Crippen LogP) is 2.77. The molecule has 3 aromatic heterocycles. The largest absolute Gasteiger partial charge is 0.352 e. The van der Waals surface area contributed by atoms with E-state index >= 15 is 0 Å². The third-order valence-electron chi connectivity index (χ3n) is 5.51. The normalized spacial score (nSPS) is 14.6. The molecule has 1 saturated carbocycles. The number of carbonyl (C=O) groups excluding carboxylic acids is 1. The minimum Gasteiger partial charge on any atom is -0.352 e. The van der Waals surface area contributed by atoms with Gasteiger partial charge in [0.1, 0.15) is 6.54 Å². The quantitative estimate of drug-likeness (QED) is 0.584. The maximum absolute atomic E-state index is 12.9. The van der Waals surface area contributed by atoms with Gasteiger partial charge >= 0.3 is 0 Å². The third-order valence-corrected chi connectivity index (χ3v) is 5.51. The number of nitrogens with zero attached hydrogens (tertiary/aromatic N) is 4. The molecule has 29 heavy (non-hydrogen) atoms. The van der Waals surface area contributed by atoms with Gasteiger partial charge in [0.15, 0.2) is 0 Å². The molecule has 0 radical (unpaired) electrons. The molecular formula is C22H21N5O2. The van der Waals surface area contributed by atoms with Crippen LogP contribution in [0.3, 0.4) is 0 Å². The molecule has 1 fully saturated rings. The minimum atomic E-state index is -0.193. The van der Waals surface area contributed by atoms with Gasteiger partial charge in [0.05, 0.1) is 22.4 Å². The summed E-state index contributed by atoms with van der Waals surface area (Å²) in [6.45, 7) is 0.117. The van der Waals surface area contributed by atoms with Crippen molar-refractivity contribution >= 4 is 22.7 Å². The Morgan fingerprint density at radius 3 is 2.55 bits per heavy atom. The molecule has 1 amide bonds. The number of pyridine rings is 1. The van der Waals surface area contributed by atoms with Crippen molar-refractivity contribution in [2.75, 3.05) is 0 Å². The van der Waals surface area contributed by atoms with E-state index in [-0.39, 0.29) is 24.1 Å². The van der Waals surface area contributed by atoms with Crippen molar-refractivity contribution in [1.29, 1.82) is 0 Å². The Morgan fingerprint density at radius 1 is 1.03 bits per heavy atom. The fourth-order valence-corrected chi connectivity index (χ4v) is 4.16. The molecule has 3 heterocycles. The van der Waals surface area contributed by atoms with Gasteiger partial charge in [-0.2, -0.15) is 0 Å². The van der Waals surface area contributed by atoms with Gasteiger partial charge in [-0.3, -0.25) is 14.6 Å². The summed E-state index contributed by atoms with van der Waals surface area (Å²) in [6.07, 6.45) is 6.04. The molecule has 146 valence electrons. The van der Waals surface area contributed by atoms with E-state index in [9.17, 15) is 9.59 Å². The van der Waals surface area contributed by atoms with Crippen molar-refractivity contribution in [1.82, 2.24) is 24.3 Å². The van der Waals surface area contributed by atoms with Crippen LogP contribution >= 0.6 is 0 Å². The van der Waals surface area contributed by atoms with Crippen molar-refractivity contribution in [2.24, 2.45) is 0 Å². The number of carbonyl (C=O) groups is 1. The van der Waals surface area contributed by atoms with Crippen molar-refractivity contribution in [3.05, 3.63) is 65.1 Å². The summed E-state index contributed by atoms with van der Waals surface area (Å²) >= 11 is 0. The Labute approximate surface area is 167 Å². The van der Waals surface area contributed by atoms with Crippen LogP contribution in [0.5, 0.6) is 0 Å². The monoisotopic (exact) mass is 387 g/mol. The lowest BCUT2D eigenvalue weighted by molar-refractivity contribution is -0.122. The Kier molecular flexibility index (Phi) is 4.35. The summed E-state index contributed by atoms with van der Waals surface area (Å²) in [6, 6.07) is 14.8. The molecule has 0 unspecified atom stereocenters. The molecular weight excluding hydrogens is 366 g/mol. The number of nitrogens with one attached hydrogen (secondary N) is 1. The second kappa shape index (κ2) is 7.16. The molecule has 0 aliphatic heterocycles. The first-order valence-corrected chi connectivity index (χ1v) is 9.92. The van der Waals surface area contributed by atoms with E-state index in [4.69, 9.17) is 4.98 Å². The second-order valence-electron chi connectivity index (χ2n) is 7.45. The number of benzene rings is 1. The molecule has 5 rings (SSSR count). The highest BCUT2D eigenvalue weighted by molar-refractivity contribution is 5.85. The number of aromatic nitrogens is 4. The van der Waals surface area contributed by atoms with Gasteiger partial charge in [0.2, 0.25) is 11.7 Å². The number of imidazole rings is 1. The second-order valence-corrected chi connectivity index (χ2v) is 7.45. The van der Waals surface area contributed by atoms with Crippen molar-refractivity contribution in [3.8, 4) is 11.4 Å². The summed E-state index contributed by atoms with van der Waals surface area (Å²) in [7, 11) is 0. The van der Waals surface area contributed by atoms with Gasteiger partial charge in [0.25, 0.3) is 5.56 Å². The van der Waals surface area contributed by atoms with Crippen LogP contribution < -0.4 is 10.9 Å². The van der Waals surface area contributed by atoms with Crippen LogP contribution in [0.1, 0.15) is 25.7 Å². The first-order valence-electron chi connectivity index (χ1n) is 9.92. The Balaban J connectivity index is 1.65. The average Bonchev–Trinajstić information content (AvgIpc) is 3.35. The molecule has 7 nitrogen and oxygen atoms in total. The van der Waals surface area contributed by atoms with E-state index < -0.39 is 0 Å². The van der Waals surface area contributed by atoms with E-state index in [0.29, 0.717) is 17.2 Å². The first-order chi connectivity index (χ1) is 14.2. The van der Waals surface area contributed by atoms with Crippen molar-refractivity contribution in [3.63, 3.8) is 0 Å². The zero-order valence-electron chi connectivity index (χ0n) is 15.9. The number of hydrogen-bond acceptors (Lipinski definition) is 4. The topological polar surface area (TPSA) is 81.3 Å². The minimum absolute atomic E-state index is 0.0577. The van der Waals surface area contributed by atoms with Crippen LogP contribution in [0.25, 0.3) is 28.2 Å². The van der Waals surface area contributed by atoms with E-state index in [0.717, 1.165) is 36.7 Å². The predicted molar refractivity (Wildman–Crippen MR) is 111 cm³/mol. The van der Waals surface area contributed by atoms with Crippen LogP contribution in [0, 0.1) is 0 Å². The number of amides is 1. The molecule has 0 saturated heterocycles. The zero-order chi connectivity index (χ0) is 19.8. The lowest BCUT2D eigenvalue weighted by atomic mass is 10.2. The van der Waals surface area contributed by atoms with E-state index in [2.05, 4.69) is 10.3 Å². The number of rotatable bonds is 4. The van der Waals surface area contributed by atoms with Crippen LogP contribution in [-0.2, 0) is 11.3 Å². The van der Waals surface area contributed by atoms with Crippen LogP contribution in [0.15, 0.2) is 59.5 Å². The number of hydrogen-bond donors (Lipinski definition) is 1. The average molecular weight is 387 g/mol. The lowest BCUT2D eigenvalue weighted by Gasteiger charge is -2.13. The van der Waals surface area contributed by atoms with Crippen LogP contribution in [-0.4, -0.2) is 30.9 Å². The molecule has 0 atom stereocenters. The number of para-hydroxylation sites is 2. The maximum Gasteiger partial charge on any atom is 0.260 e. The standard InChI is InChI=1S/C22H21N5O2/c28-20(24-15-7-1-2-8-15)14-26-18-10-3-4-11-19(18)27-21(29)13-17(25-22(26)27)16-9-5-6-12-23-16/h3-6,9-13,15H,1-2,7-8,14H2,(H,24,28). The summed E-state index contributed by atoms with van der Waals surface area (Å²) in [5, 5.41) is 3.12. The van der Waals surface area contributed by atoms with Gasteiger partial charge in [-0.1, -0.05) is 31.0 Å². The molecule has 1 aromatic carbocycles. The molecule has 4 aromatic rings. The van der Waals surface area contributed by atoms with Gasteiger partial charge in [0, 0.05) is 18.3 Å². The molecule has 7 heteroatoms. The van der Waals surface area contributed by atoms with Gasteiger partial charge < -0.3 is 9.88 Å². The molecule has 0 spiro atoms. The zero-order valence-corrected chi connectivity index (χ0v) is 15.9. The van der Waals surface area contributed by atoms with Gasteiger partial charge in [-0.15, -0.1) is 0 Å². The summed E-state index contributed by atoms with van der Waals surface area (Å²) in [5.74, 6) is 0.388. The highest BCUT2D eigenvalue weighted by atomic mass is 16.2. The van der Waals surface area contributed by atoms with Gasteiger partial charge in [-0.25, -0.2) is 9.38 Å². The highest BCUT2D eigenvalue weighted by Gasteiger charge is 2.20. The third kappa shape index (κ3) is 3.18. The summed E-state index contributed by atoms with van der Waals surface area (Å²) < 4.78 is 3.37. The first kappa shape index (κ1) is 17.6. The number of fused-ring (bicyclic) bond motifs is 3. The highest BCUT2D eigenvalue weighted by Crippen LogP contribution is 2.21. The van der Waals surface area contributed by atoms with E-state index in [1.54, 1.807) is 10.6 Å². The van der Waals surface area contributed by atoms with E-state index in [1.807, 2.05) is 47.0 Å². The fourth-order valence-electron chi connectivity index (χ4n) is 4.16. The van der Waals surface area contributed by atoms with Crippen LogP contribution in [0.2, 0.25) is 0 Å². The Bertz CT molecular complexity index is 1250. The van der Waals surface area contributed by atoms with Crippen molar-refractivity contribution in [2.45, 2.75) is 38.3 Å². The molecule has 1 aliphatic rings. The maximum atomic E-state index is 12.9. The molecule has 0 bridgehead atoms. The van der Waals surface area contributed by atoms with Crippen LogP contribution in [0.4, 0.5) is 0 Å². The smallest absolute Gasteiger partial charge is 0.260 e. The SMILES string of the molecule is O=C(Cn1c2ccccc2n2c(=O)cc(-c3ccccn3)nc12)NC1CCCC1. The Morgan fingerprint density at radius 2 is 1.79 bits per heavy atom. The van der Waals surface area contributed by atoms with E-state index in [1.165, 1.54) is 6.07 Å².